The average Bonchev–Trinajstić information content (AvgIpc) is 3.77. The van der Waals surface area contributed by atoms with Crippen LogP contribution in [0.15, 0.2) is 91.4 Å². The minimum absolute atomic E-state index is 0.0875. The van der Waals surface area contributed by atoms with Gasteiger partial charge in [-0.05, 0) is 84.6 Å². The molecule has 0 saturated carbocycles. The summed E-state index contributed by atoms with van der Waals surface area (Å²) in [5, 5.41) is 7.50. The van der Waals surface area contributed by atoms with E-state index in [4.69, 9.17) is 21.4 Å². The van der Waals surface area contributed by atoms with Crippen LogP contribution in [-0.2, 0) is 6.42 Å². The first-order valence-electron chi connectivity index (χ1n) is 13.9. The minimum atomic E-state index is -0.139. The molecule has 4 heterocycles. The third-order valence-corrected chi connectivity index (χ3v) is 7.23. The molecule has 0 spiro atoms. The fraction of sp³-hybridized carbons (Fsp3) is 0.156. The number of nitrogens with zero attached hydrogens (tertiary/aromatic N) is 6. The highest BCUT2D eigenvalue weighted by Gasteiger charge is 2.26. The number of amides is 1. The van der Waals surface area contributed by atoms with Crippen molar-refractivity contribution in [1.82, 2.24) is 34.6 Å². The molecule has 42 heavy (non-hydrogen) atoms. The smallest absolute Gasteiger partial charge is 0.251 e. The maximum atomic E-state index is 12.9. The van der Waals surface area contributed by atoms with E-state index in [0.717, 1.165) is 35.2 Å². The number of rotatable bonds is 5. The van der Waals surface area contributed by atoms with E-state index in [1.165, 1.54) is 0 Å². The van der Waals surface area contributed by atoms with Crippen molar-refractivity contribution >= 4 is 28.6 Å². The predicted molar refractivity (Wildman–Crippen MR) is 164 cm³/mol. The monoisotopic (exact) mass is 557 g/mol. The molecule has 0 radical (unpaired) electrons. The van der Waals surface area contributed by atoms with Gasteiger partial charge < -0.3 is 16.8 Å². The third-order valence-electron chi connectivity index (χ3n) is 7.23. The van der Waals surface area contributed by atoms with E-state index >= 15 is 0 Å². The zero-order valence-electron chi connectivity index (χ0n) is 23.4. The Morgan fingerprint density at radius 2 is 1.83 bits per heavy atom. The van der Waals surface area contributed by atoms with Crippen molar-refractivity contribution in [1.29, 1.82) is 0 Å². The summed E-state index contributed by atoms with van der Waals surface area (Å²) in [5.41, 5.74) is 18.5. The number of hydrogen-bond acceptors (Lipinski definition) is 7. The Balaban J connectivity index is 0.00000155. The van der Waals surface area contributed by atoms with Crippen LogP contribution in [0.1, 0.15) is 47.8 Å². The van der Waals surface area contributed by atoms with Crippen molar-refractivity contribution in [3.8, 4) is 22.9 Å². The van der Waals surface area contributed by atoms with Crippen LogP contribution in [-0.4, -0.2) is 35.2 Å². The second-order valence-corrected chi connectivity index (χ2v) is 9.74. The summed E-state index contributed by atoms with van der Waals surface area (Å²) in [6.07, 6.45) is 6.86. The Hall–Kier alpha value is -5.51. The molecule has 1 aliphatic rings. The highest BCUT2D eigenvalue weighted by atomic mass is 16.1. The number of imidazole rings is 1. The van der Waals surface area contributed by atoms with Gasteiger partial charge in [-0.2, -0.15) is 5.10 Å². The van der Waals surface area contributed by atoms with Gasteiger partial charge in [-0.15, -0.1) is 0 Å². The van der Waals surface area contributed by atoms with Gasteiger partial charge in [0.2, 0.25) is 0 Å². The van der Waals surface area contributed by atoms with Gasteiger partial charge in [0, 0.05) is 35.5 Å². The number of fused-ring (bicyclic) bond motifs is 2. The Morgan fingerprint density at radius 1 is 0.952 bits per heavy atom. The van der Waals surface area contributed by atoms with Gasteiger partial charge in [0.05, 0.1) is 11.6 Å². The van der Waals surface area contributed by atoms with Crippen LogP contribution >= 0.6 is 0 Å². The van der Waals surface area contributed by atoms with Crippen LogP contribution in [0, 0.1) is 0 Å². The summed E-state index contributed by atoms with van der Waals surface area (Å²) >= 11 is 0. The standard InChI is InChI=1S/C30H25N9O.C2H6/c31-20-5-1-4-19(16-20)30(40)36-24-10-7-18-17-21(8-9-22(18)24)39-28(23-6-2-13-33-27(23)32)35-25-11-12-26(37-29(25)39)38-15-3-14-34-38;1-2/h1-6,8-9,11-17,24H,7,10,31H2,(H2,32,33)(H,36,40);1-2H3. The molecule has 2 aromatic carbocycles. The van der Waals surface area contributed by atoms with Gasteiger partial charge >= 0.3 is 0 Å². The van der Waals surface area contributed by atoms with E-state index in [1.807, 2.05) is 61.0 Å². The summed E-state index contributed by atoms with van der Waals surface area (Å²) in [5.74, 6) is 1.57. The van der Waals surface area contributed by atoms with Gasteiger partial charge in [-0.1, -0.05) is 26.0 Å². The van der Waals surface area contributed by atoms with Crippen LogP contribution < -0.4 is 16.8 Å². The van der Waals surface area contributed by atoms with Crippen LogP contribution in [0.3, 0.4) is 0 Å². The molecule has 6 aromatic rings. The van der Waals surface area contributed by atoms with Crippen molar-refractivity contribution in [2.45, 2.75) is 32.7 Å². The molecule has 1 amide bonds. The molecule has 10 heteroatoms. The Bertz CT molecular complexity index is 1890. The third kappa shape index (κ3) is 4.83. The number of pyridine rings is 2. The first-order valence-corrected chi connectivity index (χ1v) is 13.9. The quantitative estimate of drug-likeness (QED) is 0.245. The molecular formula is C32H31N9O. The number of anilines is 2. The second-order valence-electron chi connectivity index (χ2n) is 9.74. The first-order chi connectivity index (χ1) is 20.5. The maximum absolute atomic E-state index is 12.9. The lowest BCUT2D eigenvalue weighted by molar-refractivity contribution is 0.0936. The predicted octanol–water partition coefficient (Wildman–Crippen LogP) is 5.28. The lowest BCUT2D eigenvalue weighted by Gasteiger charge is -2.16. The van der Waals surface area contributed by atoms with Crippen LogP contribution in [0.25, 0.3) is 34.1 Å². The minimum Gasteiger partial charge on any atom is -0.399 e. The molecule has 1 unspecified atom stereocenters. The van der Waals surface area contributed by atoms with Crippen molar-refractivity contribution in [2.75, 3.05) is 11.5 Å². The first kappa shape index (κ1) is 26.7. The number of nitrogens with one attached hydrogen (secondary N) is 1. The number of hydrogen-bond donors (Lipinski definition) is 3. The molecule has 0 bridgehead atoms. The molecular weight excluding hydrogens is 526 g/mol. The van der Waals surface area contributed by atoms with E-state index in [0.29, 0.717) is 39.9 Å². The van der Waals surface area contributed by atoms with Gasteiger partial charge in [0.15, 0.2) is 17.3 Å². The SMILES string of the molecule is CC.Nc1cccc(C(=O)NC2CCc3cc(-n4c(-c5cccnc5N)nc5ccc(-n6cccn6)nc54)ccc32)c1. The normalized spacial score (nSPS) is 13.8. The molecule has 5 N–H and O–H groups in total. The molecule has 7 rings (SSSR count). The van der Waals surface area contributed by atoms with Crippen LogP contribution in [0.5, 0.6) is 0 Å². The van der Waals surface area contributed by atoms with Gasteiger partial charge in [0.25, 0.3) is 5.91 Å². The van der Waals surface area contributed by atoms with E-state index in [9.17, 15) is 4.79 Å². The van der Waals surface area contributed by atoms with Crippen LogP contribution in [0.4, 0.5) is 11.5 Å². The zero-order chi connectivity index (χ0) is 29.2. The summed E-state index contributed by atoms with van der Waals surface area (Å²) in [6.45, 7) is 4.00. The van der Waals surface area contributed by atoms with E-state index in [1.54, 1.807) is 41.3 Å². The largest absolute Gasteiger partial charge is 0.399 e. The Morgan fingerprint density at radius 3 is 2.62 bits per heavy atom. The lowest BCUT2D eigenvalue weighted by Crippen LogP contribution is -2.27. The molecule has 10 nitrogen and oxygen atoms in total. The Labute approximate surface area is 243 Å². The second kappa shape index (κ2) is 11.2. The number of nitrogens with two attached hydrogens (primary N) is 2. The molecule has 0 aliphatic heterocycles. The fourth-order valence-corrected chi connectivity index (χ4v) is 5.33. The summed E-state index contributed by atoms with van der Waals surface area (Å²) < 4.78 is 3.72. The van der Waals surface area contributed by atoms with Crippen LogP contribution in [0.2, 0.25) is 0 Å². The summed E-state index contributed by atoms with van der Waals surface area (Å²) in [6, 6.07) is 22.6. The summed E-state index contributed by atoms with van der Waals surface area (Å²) in [7, 11) is 0. The van der Waals surface area contributed by atoms with E-state index < -0.39 is 0 Å². The van der Waals surface area contributed by atoms with Gasteiger partial charge in [-0.25, -0.2) is 19.6 Å². The molecule has 0 saturated heterocycles. The van der Waals surface area contributed by atoms with Crippen molar-refractivity contribution in [3.63, 3.8) is 0 Å². The number of aromatic nitrogens is 6. The topological polar surface area (TPSA) is 143 Å². The highest BCUT2D eigenvalue weighted by Crippen LogP contribution is 2.36. The lowest BCUT2D eigenvalue weighted by atomic mass is 10.1. The molecule has 210 valence electrons. The number of carbonyl (C=O) groups is 1. The molecule has 0 fully saturated rings. The van der Waals surface area contributed by atoms with Crippen molar-refractivity contribution < 1.29 is 4.79 Å². The van der Waals surface area contributed by atoms with Gasteiger partial charge in [0.1, 0.15) is 11.3 Å². The number of carbonyl (C=O) groups excluding carboxylic acids is 1. The molecule has 4 aromatic heterocycles. The number of nitrogen functional groups attached to an aromatic ring is 2. The molecule has 1 atom stereocenters. The number of benzene rings is 2. The van der Waals surface area contributed by atoms with Crippen molar-refractivity contribution in [2.24, 2.45) is 0 Å². The summed E-state index contributed by atoms with van der Waals surface area (Å²) in [4.78, 5) is 27.0. The maximum Gasteiger partial charge on any atom is 0.251 e. The van der Waals surface area contributed by atoms with Crippen molar-refractivity contribution in [3.05, 3.63) is 108 Å². The Kier molecular flexibility index (Phi) is 7.10. The fourth-order valence-electron chi connectivity index (χ4n) is 5.33. The molecule has 1 aliphatic carbocycles. The number of aryl methyl sites for hydroxylation is 1. The highest BCUT2D eigenvalue weighted by molar-refractivity contribution is 5.95. The zero-order valence-corrected chi connectivity index (χ0v) is 23.4. The van der Waals surface area contributed by atoms with Gasteiger partial charge in [-0.3, -0.25) is 9.36 Å². The average molecular weight is 558 g/mol. The van der Waals surface area contributed by atoms with E-state index in [2.05, 4.69) is 27.5 Å². The van der Waals surface area contributed by atoms with E-state index in [-0.39, 0.29) is 11.9 Å².